The lowest BCUT2D eigenvalue weighted by molar-refractivity contribution is -0.113. The summed E-state index contributed by atoms with van der Waals surface area (Å²) in [6.45, 7) is 3.74. The Labute approximate surface area is 193 Å². The van der Waals surface area contributed by atoms with E-state index in [9.17, 15) is 24.9 Å². The number of aromatic hydroxyl groups is 2. The number of carbonyl (C=O) groups excluding carboxylic acids is 1. The van der Waals surface area contributed by atoms with Gasteiger partial charge in [0.25, 0.3) is 5.91 Å². The first-order valence-corrected chi connectivity index (χ1v) is 10.7. The highest BCUT2D eigenvalue weighted by atomic mass is 32.2. The van der Waals surface area contributed by atoms with Crippen LogP contribution in [0.4, 0.5) is 5.69 Å². The van der Waals surface area contributed by atoms with E-state index in [4.69, 9.17) is 12.2 Å². The first-order valence-electron chi connectivity index (χ1n) is 9.50. The lowest BCUT2D eigenvalue weighted by Crippen LogP contribution is -2.27. The summed E-state index contributed by atoms with van der Waals surface area (Å²) < 4.78 is 2.25. The summed E-state index contributed by atoms with van der Waals surface area (Å²) in [5, 5.41) is 28.6. The number of amides is 1. The predicted octanol–water partition coefficient (Wildman–Crippen LogP) is 4.61. The van der Waals surface area contributed by atoms with E-state index in [2.05, 4.69) is 0 Å². The largest absolute Gasteiger partial charge is 0.508 e. The minimum absolute atomic E-state index is 0.0995. The van der Waals surface area contributed by atoms with Gasteiger partial charge in [-0.15, -0.1) is 0 Å². The Morgan fingerprint density at radius 3 is 2.34 bits per heavy atom. The number of thiocarbonyl (C=S) groups is 1. The molecule has 162 valence electrons. The number of hydrogen-bond acceptors (Lipinski definition) is 6. The smallest absolute Gasteiger partial charge is 0.339 e. The number of aromatic nitrogens is 1. The van der Waals surface area contributed by atoms with E-state index < -0.39 is 5.97 Å². The molecule has 0 saturated carbocycles. The van der Waals surface area contributed by atoms with Crippen molar-refractivity contribution in [2.24, 2.45) is 0 Å². The molecule has 3 aromatic rings. The molecule has 1 aromatic heterocycles. The van der Waals surface area contributed by atoms with Gasteiger partial charge in [0.2, 0.25) is 0 Å². The fourth-order valence-electron chi connectivity index (χ4n) is 3.60. The molecule has 9 heteroatoms. The zero-order valence-corrected chi connectivity index (χ0v) is 18.7. The van der Waals surface area contributed by atoms with Crippen molar-refractivity contribution in [3.05, 3.63) is 76.0 Å². The Morgan fingerprint density at radius 2 is 1.69 bits per heavy atom. The molecular formula is C23H18N2O5S2. The summed E-state index contributed by atoms with van der Waals surface area (Å²) in [4.78, 5) is 26.3. The second-order valence-corrected chi connectivity index (χ2v) is 8.88. The number of hydrogen-bond donors (Lipinski definition) is 3. The van der Waals surface area contributed by atoms with Gasteiger partial charge in [0.15, 0.2) is 4.32 Å². The van der Waals surface area contributed by atoms with Gasteiger partial charge >= 0.3 is 5.97 Å². The maximum absolute atomic E-state index is 13.0. The number of thioether (sulfide) groups is 1. The third-order valence-corrected chi connectivity index (χ3v) is 6.43. The van der Waals surface area contributed by atoms with Gasteiger partial charge in [-0.1, -0.05) is 24.0 Å². The molecule has 3 N–H and O–H groups in total. The molecule has 1 aliphatic rings. The fourth-order valence-corrected chi connectivity index (χ4v) is 4.89. The molecule has 0 spiro atoms. The number of phenolic OH excluding ortho intramolecular Hbond substituents is 1. The second kappa shape index (κ2) is 8.18. The van der Waals surface area contributed by atoms with Crippen molar-refractivity contribution in [3.63, 3.8) is 0 Å². The predicted molar refractivity (Wildman–Crippen MR) is 128 cm³/mol. The maximum Gasteiger partial charge on any atom is 0.339 e. The summed E-state index contributed by atoms with van der Waals surface area (Å²) in [6, 6.07) is 12.5. The maximum atomic E-state index is 13.0. The van der Waals surface area contributed by atoms with Gasteiger partial charge in [-0.25, -0.2) is 4.79 Å². The minimum Gasteiger partial charge on any atom is -0.508 e. The lowest BCUT2D eigenvalue weighted by Gasteiger charge is -2.14. The van der Waals surface area contributed by atoms with Crippen LogP contribution in [0, 0.1) is 13.8 Å². The number of aryl methyl sites for hydroxylation is 1. The standard InChI is InChI=1S/C23H18N2O5S2/c1-12-9-14(13(2)24(12)16-5-8-19(27)18(11-16)22(29)30)10-20-21(28)25(23(31)32-20)15-3-6-17(26)7-4-15/h3-11,26-27H,1-2H3,(H,29,30)/b20-10-. The summed E-state index contributed by atoms with van der Waals surface area (Å²) in [7, 11) is 0. The second-order valence-electron chi connectivity index (χ2n) is 7.20. The number of carbonyl (C=O) groups is 2. The molecule has 1 amide bonds. The van der Waals surface area contributed by atoms with E-state index in [0.717, 1.165) is 17.0 Å². The molecule has 0 radical (unpaired) electrons. The molecule has 0 bridgehead atoms. The quantitative estimate of drug-likeness (QED) is 0.381. The number of rotatable bonds is 4. The topological polar surface area (TPSA) is 103 Å². The van der Waals surface area contributed by atoms with Crippen LogP contribution in [0.15, 0.2) is 53.4 Å². The van der Waals surface area contributed by atoms with Crippen LogP contribution in [0.1, 0.15) is 27.3 Å². The van der Waals surface area contributed by atoms with Crippen molar-refractivity contribution < 1.29 is 24.9 Å². The Hall–Kier alpha value is -3.56. The van der Waals surface area contributed by atoms with Gasteiger partial charge in [0, 0.05) is 17.1 Å². The number of phenols is 2. The van der Waals surface area contributed by atoms with E-state index in [0.29, 0.717) is 20.6 Å². The first kappa shape index (κ1) is 21.7. The fraction of sp³-hybridized carbons (Fsp3) is 0.0870. The average molecular weight is 467 g/mol. The van der Waals surface area contributed by atoms with E-state index >= 15 is 0 Å². The van der Waals surface area contributed by atoms with Crippen LogP contribution in [0.3, 0.4) is 0 Å². The van der Waals surface area contributed by atoms with Crippen LogP contribution in [-0.2, 0) is 4.79 Å². The molecule has 32 heavy (non-hydrogen) atoms. The average Bonchev–Trinajstić information content (AvgIpc) is 3.17. The highest BCUT2D eigenvalue weighted by Gasteiger charge is 2.33. The Bertz CT molecular complexity index is 1310. The van der Waals surface area contributed by atoms with Crippen LogP contribution in [0.5, 0.6) is 11.5 Å². The molecular weight excluding hydrogens is 448 g/mol. The normalized spacial score (nSPS) is 15.1. The van der Waals surface area contributed by atoms with E-state index in [1.165, 1.54) is 40.9 Å². The van der Waals surface area contributed by atoms with E-state index in [1.54, 1.807) is 24.3 Å². The van der Waals surface area contributed by atoms with Crippen molar-refractivity contribution in [2.45, 2.75) is 13.8 Å². The number of benzene rings is 2. The van der Waals surface area contributed by atoms with Crippen LogP contribution in [0.25, 0.3) is 11.8 Å². The van der Waals surface area contributed by atoms with Gasteiger partial charge in [-0.2, -0.15) is 0 Å². The van der Waals surface area contributed by atoms with Crippen LogP contribution < -0.4 is 4.90 Å². The summed E-state index contributed by atoms with van der Waals surface area (Å²) in [5.41, 5.74) is 3.41. The number of nitrogens with zero attached hydrogens (tertiary/aromatic N) is 2. The Balaban J connectivity index is 1.71. The van der Waals surface area contributed by atoms with Gasteiger partial charge in [-0.3, -0.25) is 9.69 Å². The van der Waals surface area contributed by atoms with Crippen molar-refractivity contribution in [3.8, 4) is 17.2 Å². The van der Waals surface area contributed by atoms with E-state index in [-0.39, 0.29) is 23.0 Å². The molecule has 0 aliphatic carbocycles. The zero-order valence-electron chi connectivity index (χ0n) is 17.1. The Kier molecular flexibility index (Phi) is 5.53. The number of carboxylic acids is 1. The molecule has 4 rings (SSSR count). The van der Waals surface area contributed by atoms with Gasteiger partial charge in [-0.05, 0) is 74.0 Å². The molecule has 0 atom stereocenters. The highest BCUT2D eigenvalue weighted by molar-refractivity contribution is 8.27. The van der Waals surface area contributed by atoms with Crippen LogP contribution >= 0.6 is 24.0 Å². The monoisotopic (exact) mass is 466 g/mol. The molecule has 0 unspecified atom stereocenters. The summed E-state index contributed by atoms with van der Waals surface area (Å²) in [5.74, 6) is -1.68. The first-order chi connectivity index (χ1) is 15.2. The van der Waals surface area contributed by atoms with Crippen LogP contribution in [-0.4, -0.2) is 36.1 Å². The van der Waals surface area contributed by atoms with Crippen molar-refractivity contribution in [1.82, 2.24) is 4.57 Å². The van der Waals surface area contributed by atoms with Crippen molar-refractivity contribution >= 4 is 51.9 Å². The summed E-state index contributed by atoms with van der Waals surface area (Å²) >= 11 is 6.59. The molecule has 2 heterocycles. The van der Waals surface area contributed by atoms with Gasteiger partial charge in [0.1, 0.15) is 17.1 Å². The van der Waals surface area contributed by atoms with Crippen molar-refractivity contribution in [1.29, 1.82) is 0 Å². The SMILES string of the molecule is Cc1cc(/C=C2\SC(=S)N(c3ccc(O)cc3)C2=O)c(C)n1-c1ccc(O)c(C(=O)O)c1. The zero-order chi connectivity index (χ0) is 23.2. The summed E-state index contributed by atoms with van der Waals surface area (Å²) in [6.07, 6.45) is 1.76. The third-order valence-electron chi connectivity index (χ3n) is 5.13. The van der Waals surface area contributed by atoms with Gasteiger partial charge < -0.3 is 19.9 Å². The third kappa shape index (κ3) is 3.76. The van der Waals surface area contributed by atoms with Gasteiger partial charge in [0.05, 0.1) is 10.6 Å². The number of carboxylic acid groups (broad SMARTS) is 1. The molecule has 2 aromatic carbocycles. The lowest BCUT2D eigenvalue weighted by atomic mass is 10.1. The number of aromatic carboxylic acids is 1. The molecule has 1 fully saturated rings. The van der Waals surface area contributed by atoms with E-state index in [1.807, 2.05) is 24.5 Å². The molecule has 1 aliphatic heterocycles. The van der Waals surface area contributed by atoms with Crippen LogP contribution in [0.2, 0.25) is 0 Å². The molecule has 1 saturated heterocycles. The minimum atomic E-state index is -1.22. The number of anilines is 1. The Morgan fingerprint density at radius 1 is 1.03 bits per heavy atom. The van der Waals surface area contributed by atoms with Crippen molar-refractivity contribution in [2.75, 3.05) is 4.90 Å². The molecule has 7 nitrogen and oxygen atoms in total. The highest BCUT2D eigenvalue weighted by Crippen LogP contribution is 2.37.